The average Bonchev–Trinajstić information content (AvgIpc) is 2.30. The Morgan fingerprint density at radius 1 is 1.05 bits per heavy atom. The van der Waals surface area contributed by atoms with Gasteiger partial charge in [0.05, 0.1) is 6.42 Å². The van der Waals surface area contributed by atoms with Crippen LogP contribution in [0.3, 0.4) is 0 Å². The van der Waals surface area contributed by atoms with E-state index in [1.807, 2.05) is 0 Å². The number of halogens is 1. The lowest BCUT2D eigenvalue weighted by Crippen LogP contribution is -2.53. The van der Waals surface area contributed by atoms with Crippen molar-refractivity contribution >= 4 is 40.5 Å². The summed E-state index contributed by atoms with van der Waals surface area (Å²) in [6.45, 7) is 3.80. The van der Waals surface area contributed by atoms with Crippen molar-refractivity contribution in [2.75, 3.05) is 4.43 Å². The highest BCUT2D eigenvalue weighted by atomic mass is 127. The number of hydrogen-bond donors (Lipinski definition) is 0. The molecule has 114 valence electrons. The molecule has 0 aromatic carbocycles. The molecule has 0 aromatic heterocycles. The van der Waals surface area contributed by atoms with Crippen molar-refractivity contribution in [2.45, 2.75) is 51.8 Å². The van der Waals surface area contributed by atoms with Crippen molar-refractivity contribution in [3.8, 4) is 0 Å². The lowest BCUT2D eigenvalue weighted by molar-refractivity contribution is -0.248. The maximum absolute atomic E-state index is 11.2. The molecule has 1 fully saturated rings. The van der Waals surface area contributed by atoms with E-state index in [1.165, 1.54) is 20.8 Å². The molecule has 0 N–H and O–H groups in total. The van der Waals surface area contributed by atoms with Crippen LogP contribution in [-0.2, 0) is 33.3 Å². The third-order valence-electron chi connectivity index (χ3n) is 2.55. The number of rotatable bonds is 4. The van der Waals surface area contributed by atoms with Gasteiger partial charge in [-0.2, -0.15) is 0 Å². The van der Waals surface area contributed by atoms with Crippen molar-refractivity contribution in [1.29, 1.82) is 0 Å². The van der Waals surface area contributed by atoms with Crippen LogP contribution >= 0.6 is 22.6 Å². The second kappa shape index (κ2) is 7.77. The largest absolute Gasteiger partial charge is 0.458 e. The van der Waals surface area contributed by atoms with Gasteiger partial charge in [0.1, 0.15) is 12.2 Å². The zero-order valence-corrected chi connectivity index (χ0v) is 13.6. The average molecular weight is 400 g/mol. The van der Waals surface area contributed by atoms with E-state index in [0.29, 0.717) is 4.43 Å². The number of carbonyl (C=O) groups excluding carboxylic acids is 3. The molecule has 0 spiro atoms. The zero-order chi connectivity index (χ0) is 15.3. The maximum atomic E-state index is 11.2. The Morgan fingerprint density at radius 3 is 2.05 bits per heavy atom. The van der Waals surface area contributed by atoms with Crippen LogP contribution in [-0.4, -0.2) is 46.9 Å². The summed E-state index contributed by atoms with van der Waals surface area (Å²) in [4.78, 5) is 33.3. The zero-order valence-electron chi connectivity index (χ0n) is 11.5. The first-order valence-corrected chi connectivity index (χ1v) is 7.59. The molecule has 1 aliphatic rings. The number of alkyl halides is 1. The van der Waals surface area contributed by atoms with Crippen LogP contribution in [0.25, 0.3) is 0 Å². The Kier molecular flexibility index (Phi) is 6.66. The minimum atomic E-state index is -0.816. The van der Waals surface area contributed by atoms with Crippen molar-refractivity contribution in [1.82, 2.24) is 0 Å². The van der Waals surface area contributed by atoms with Gasteiger partial charge in [-0.05, 0) is 0 Å². The molecule has 0 radical (unpaired) electrons. The van der Waals surface area contributed by atoms with Crippen LogP contribution in [0, 0.1) is 0 Å². The number of carbonyl (C=O) groups is 3. The molecule has 7 nitrogen and oxygen atoms in total. The van der Waals surface area contributed by atoms with E-state index in [9.17, 15) is 14.4 Å². The van der Waals surface area contributed by atoms with Gasteiger partial charge in [-0.25, -0.2) is 0 Å². The van der Waals surface area contributed by atoms with E-state index in [0.717, 1.165) is 0 Å². The molecule has 1 saturated heterocycles. The summed E-state index contributed by atoms with van der Waals surface area (Å²) < 4.78 is 21.4. The van der Waals surface area contributed by atoms with Gasteiger partial charge in [0.25, 0.3) is 0 Å². The molecule has 0 bridgehead atoms. The highest BCUT2D eigenvalue weighted by Gasteiger charge is 2.43. The van der Waals surface area contributed by atoms with Gasteiger partial charge >= 0.3 is 17.9 Å². The van der Waals surface area contributed by atoms with E-state index >= 15 is 0 Å². The van der Waals surface area contributed by atoms with Crippen LogP contribution in [0.5, 0.6) is 0 Å². The Hall–Kier alpha value is -0.900. The smallest absolute Gasteiger partial charge is 0.304 e. The molecular formula is C12H17IO7. The molecule has 1 rings (SSSR count). The summed E-state index contributed by atoms with van der Waals surface area (Å²) in [6, 6.07) is 0. The summed E-state index contributed by atoms with van der Waals surface area (Å²) >= 11 is 2.06. The molecular weight excluding hydrogens is 383 g/mol. The molecule has 1 unspecified atom stereocenters. The van der Waals surface area contributed by atoms with Crippen LogP contribution in [0.4, 0.5) is 0 Å². The normalized spacial score (nSPS) is 29.4. The van der Waals surface area contributed by atoms with E-state index in [-0.39, 0.29) is 6.42 Å². The SMILES string of the molecule is CC(=O)OC1C[C@@H](OC(C)=O)[C@H](OC(C)=O)[C@@H](CI)O1. The number of hydrogen-bond acceptors (Lipinski definition) is 7. The van der Waals surface area contributed by atoms with E-state index in [2.05, 4.69) is 22.6 Å². The fourth-order valence-corrected chi connectivity index (χ4v) is 2.66. The van der Waals surface area contributed by atoms with Crippen molar-refractivity contribution in [3.63, 3.8) is 0 Å². The Balaban J connectivity index is 2.86. The van der Waals surface area contributed by atoms with Crippen LogP contribution in [0.1, 0.15) is 27.2 Å². The monoisotopic (exact) mass is 400 g/mol. The van der Waals surface area contributed by atoms with Crippen molar-refractivity contribution in [2.24, 2.45) is 0 Å². The summed E-state index contributed by atoms with van der Waals surface area (Å²) in [5.41, 5.74) is 0. The van der Waals surface area contributed by atoms with Gasteiger partial charge in [-0.1, -0.05) is 22.6 Å². The minimum Gasteiger partial charge on any atom is -0.458 e. The first-order chi connectivity index (χ1) is 9.33. The van der Waals surface area contributed by atoms with Gasteiger partial charge < -0.3 is 18.9 Å². The van der Waals surface area contributed by atoms with Gasteiger partial charge in [0.15, 0.2) is 6.10 Å². The van der Waals surface area contributed by atoms with Gasteiger partial charge in [-0.15, -0.1) is 0 Å². The minimum absolute atomic E-state index is 0.129. The van der Waals surface area contributed by atoms with Crippen molar-refractivity contribution in [3.05, 3.63) is 0 Å². The van der Waals surface area contributed by atoms with E-state index < -0.39 is 42.5 Å². The molecule has 0 aromatic rings. The second-order valence-corrected chi connectivity index (χ2v) is 5.21. The summed E-state index contributed by atoms with van der Waals surface area (Å²) in [5.74, 6) is -1.48. The Morgan fingerprint density at radius 2 is 1.60 bits per heavy atom. The van der Waals surface area contributed by atoms with Crippen LogP contribution in [0.15, 0.2) is 0 Å². The first kappa shape index (κ1) is 17.2. The third kappa shape index (κ3) is 5.23. The molecule has 0 saturated carbocycles. The molecule has 4 atom stereocenters. The molecule has 0 amide bonds. The van der Waals surface area contributed by atoms with Crippen molar-refractivity contribution < 1.29 is 33.3 Å². The van der Waals surface area contributed by atoms with E-state index in [4.69, 9.17) is 18.9 Å². The highest BCUT2D eigenvalue weighted by Crippen LogP contribution is 2.27. The number of esters is 3. The molecule has 20 heavy (non-hydrogen) atoms. The molecule has 1 heterocycles. The van der Waals surface area contributed by atoms with E-state index in [1.54, 1.807) is 0 Å². The predicted molar refractivity (Wildman–Crippen MR) is 75.0 cm³/mol. The van der Waals surface area contributed by atoms with Gasteiger partial charge in [0, 0.05) is 25.2 Å². The topological polar surface area (TPSA) is 88.1 Å². The van der Waals surface area contributed by atoms with Crippen LogP contribution in [0.2, 0.25) is 0 Å². The molecule has 8 heteroatoms. The standard InChI is InChI=1S/C12H17IO7/c1-6(14)17-9-4-11(18-7(2)15)20-10(5-13)12(9)19-8(3)16/h9-12H,4-5H2,1-3H3/t9-,10-,11?,12+/m1/s1. The quantitative estimate of drug-likeness (QED) is 0.301. The maximum Gasteiger partial charge on any atom is 0.304 e. The predicted octanol–water partition coefficient (Wildman–Crippen LogP) is 0.963. The first-order valence-electron chi connectivity index (χ1n) is 6.06. The fraction of sp³-hybridized carbons (Fsp3) is 0.750. The lowest BCUT2D eigenvalue weighted by Gasteiger charge is -2.39. The Labute approximate surface area is 130 Å². The third-order valence-corrected chi connectivity index (χ3v) is 3.42. The summed E-state index contributed by atoms with van der Waals surface area (Å²) in [7, 11) is 0. The molecule has 0 aliphatic carbocycles. The van der Waals surface area contributed by atoms with Gasteiger partial charge in [-0.3, -0.25) is 14.4 Å². The number of ether oxygens (including phenoxy) is 4. The second-order valence-electron chi connectivity index (χ2n) is 4.33. The lowest BCUT2D eigenvalue weighted by atomic mass is 10.0. The Bertz CT molecular complexity index is 384. The summed E-state index contributed by atoms with van der Waals surface area (Å²) in [5, 5.41) is 0. The fourth-order valence-electron chi connectivity index (χ4n) is 1.95. The molecule has 1 aliphatic heterocycles. The van der Waals surface area contributed by atoms with Crippen LogP contribution < -0.4 is 0 Å². The highest BCUT2D eigenvalue weighted by molar-refractivity contribution is 14.1. The van der Waals surface area contributed by atoms with Gasteiger partial charge in [0.2, 0.25) is 6.29 Å². The summed E-state index contributed by atoms with van der Waals surface area (Å²) in [6.07, 6.45) is -2.61.